The van der Waals surface area contributed by atoms with Crippen LogP contribution in [0.5, 0.6) is 0 Å². The van der Waals surface area contributed by atoms with Gasteiger partial charge in [-0.15, -0.1) is 11.3 Å². The number of benzene rings is 2. The number of thiophene rings is 1. The lowest BCUT2D eigenvalue weighted by Gasteiger charge is -2.06. The Bertz CT molecular complexity index is 1150. The van der Waals surface area contributed by atoms with Gasteiger partial charge in [0.2, 0.25) is 5.91 Å². The summed E-state index contributed by atoms with van der Waals surface area (Å²) in [7, 11) is 0. The summed E-state index contributed by atoms with van der Waals surface area (Å²) in [4.78, 5) is 22.6. The van der Waals surface area contributed by atoms with Crippen molar-refractivity contribution in [3.8, 4) is 10.4 Å². The van der Waals surface area contributed by atoms with Gasteiger partial charge < -0.3 is 5.32 Å². The molecular formula is C20H13F2N3OS2. The Kier molecular flexibility index (Phi) is 5.31. The van der Waals surface area contributed by atoms with Gasteiger partial charge in [-0.05, 0) is 23.8 Å². The highest BCUT2D eigenvalue weighted by atomic mass is 32.2. The zero-order valence-corrected chi connectivity index (χ0v) is 16.0. The van der Waals surface area contributed by atoms with Gasteiger partial charge in [-0.25, -0.2) is 18.7 Å². The first-order chi connectivity index (χ1) is 13.6. The second-order valence-corrected chi connectivity index (χ2v) is 7.83. The van der Waals surface area contributed by atoms with Gasteiger partial charge in [0.25, 0.3) is 0 Å². The monoisotopic (exact) mass is 413 g/mol. The predicted molar refractivity (Wildman–Crippen MR) is 109 cm³/mol. The first kappa shape index (κ1) is 18.5. The van der Waals surface area contributed by atoms with Crippen molar-refractivity contribution < 1.29 is 13.6 Å². The van der Waals surface area contributed by atoms with Crippen molar-refractivity contribution in [3.63, 3.8) is 0 Å². The average Bonchev–Trinajstić information content (AvgIpc) is 3.15. The molecule has 1 amide bonds. The van der Waals surface area contributed by atoms with Crippen molar-refractivity contribution in [1.29, 1.82) is 0 Å². The fraction of sp³-hybridized carbons (Fsp3) is 0.0500. The van der Waals surface area contributed by atoms with Gasteiger partial charge in [0.05, 0.1) is 11.4 Å². The molecule has 0 atom stereocenters. The molecule has 0 bridgehead atoms. The molecule has 2 aromatic heterocycles. The number of carbonyl (C=O) groups excluding carboxylic acids is 1. The van der Waals surface area contributed by atoms with E-state index >= 15 is 0 Å². The minimum absolute atomic E-state index is 0.0125. The summed E-state index contributed by atoms with van der Waals surface area (Å²) in [5.74, 6) is -1.73. The lowest BCUT2D eigenvalue weighted by molar-refractivity contribution is -0.113. The molecule has 8 heteroatoms. The van der Waals surface area contributed by atoms with Gasteiger partial charge in [-0.1, -0.05) is 42.1 Å². The second kappa shape index (κ2) is 8.04. The van der Waals surface area contributed by atoms with E-state index in [1.165, 1.54) is 18.1 Å². The molecule has 1 N–H and O–H groups in total. The van der Waals surface area contributed by atoms with Crippen LogP contribution in [-0.4, -0.2) is 21.6 Å². The summed E-state index contributed by atoms with van der Waals surface area (Å²) >= 11 is 2.77. The first-order valence-corrected chi connectivity index (χ1v) is 10.1. The third-order valence-electron chi connectivity index (χ3n) is 3.89. The number of hydrogen-bond donors (Lipinski definition) is 1. The number of nitrogens with zero attached hydrogens (tertiary/aromatic N) is 2. The molecule has 140 valence electrons. The van der Waals surface area contributed by atoms with Crippen LogP contribution in [0.3, 0.4) is 0 Å². The fourth-order valence-corrected chi connectivity index (χ4v) is 4.45. The van der Waals surface area contributed by atoms with Crippen LogP contribution in [0.1, 0.15) is 0 Å². The van der Waals surface area contributed by atoms with Crippen molar-refractivity contribution in [1.82, 2.24) is 9.97 Å². The average molecular weight is 413 g/mol. The quantitative estimate of drug-likeness (QED) is 0.353. The van der Waals surface area contributed by atoms with Crippen LogP contribution < -0.4 is 5.32 Å². The number of aromatic nitrogens is 2. The number of thioether (sulfide) groups is 1. The summed E-state index contributed by atoms with van der Waals surface area (Å²) in [6, 6.07) is 14.9. The molecule has 0 saturated heterocycles. The third kappa shape index (κ3) is 4.02. The maximum absolute atomic E-state index is 13.7. The lowest BCUT2D eigenvalue weighted by Crippen LogP contribution is -2.15. The highest BCUT2D eigenvalue weighted by molar-refractivity contribution is 8.00. The summed E-state index contributed by atoms with van der Waals surface area (Å²) in [5, 5.41) is 3.91. The lowest BCUT2D eigenvalue weighted by atomic mass is 10.2. The molecule has 0 aliphatic rings. The summed E-state index contributed by atoms with van der Waals surface area (Å²) in [5.41, 5.74) is 0.904. The van der Waals surface area contributed by atoms with E-state index in [-0.39, 0.29) is 11.4 Å². The van der Waals surface area contributed by atoms with E-state index in [2.05, 4.69) is 15.3 Å². The Morgan fingerprint density at radius 2 is 1.89 bits per heavy atom. The Labute approximate surface area is 167 Å². The molecule has 0 saturated carbocycles. The highest BCUT2D eigenvalue weighted by Crippen LogP contribution is 2.36. The van der Waals surface area contributed by atoms with Gasteiger partial charge >= 0.3 is 0 Å². The number of fused-ring (bicyclic) bond motifs is 1. The van der Waals surface area contributed by atoms with Crippen LogP contribution >= 0.6 is 23.1 Å². The number of hydrogen-bond acceptors (Lipinski definition) is 5. The molecule has 0 spiro atoms. The minimum atomic E-state index is -0.686. The van der Waals surface area contributed by atoms with Crippen LogP contribution in [0.25, 0.3) is 20.7 Å². The molecule has 4 rings (SSSR count). The molecule has 4 nitrogen and oxygen atoms in total. The molecule has 4 aromatic rings. The third-order valence-corrected chi connectivity index (χ3v) is 5.99. The molecule has 2 heterocycles. The number of rotatable bonds is 5. The van der Waals surface area contributed by atoms with E-state index in [9.17, 15) is 13.6 Å². The molecule has 2 aromatic carbocycles. The maximum Gasteiger partial charge on any atom is 0.234 e. The Morgan fingerprint density at radius 1 is 1.07 bits per heavy atom. The number of anilines is 1. The van der Waals surface area contributed by atoms with E-state index < -0.39 is 17.5 Å². The van der Waals surface area contributed by atoms with E-state index in [0.29, 0.717) is 5.03 Å². The number of halogens is 2. The van der Waals surface area contributed by atoms with Gasteiger partial charge in [0.1, 0.15) is 27.8 Å². The minimum Gasteiger partial charge on any atom is -0.323 e. The van der Waals surface area contributed by atoms with Crippen molar-refractivity contribution in [2.45, 2.75) is 5.03 Å². The summed E-state index contributed by atoms with van der Waals surface area (Å²) in [6.45, 7) is 0. The van der Waals surface area contributed by atoms with Gasteiger partial charge in [-0.2, -0.15) is 0 Å². The fourth-order valence-electron chi connectivity index (χ4n) is 2.61. The second-order valence-electron chi connectivity index (χ2n) is 5.84. The Morgan fingerprint density at radius 3 is 2.71 bits per heavy atom. The zero-order chi connectivity index (χ0) is 19.5. The molecule has 0 unspecified atom stereocenters. The standard InChI is InChI=1S/C20H13F2N3OS2/c21-13-6-7-15(22)16(8-13)25-18(26)10-27-19-14-9-17(12-4-2-1-3-5-12)28-20(14)24-11-23-19/h1-9,11H,10H2,(H,25,26). The van der Waals surface area contributed by atoms with E-state index in [1.807, 2.05) is 36.4 Å². The van der Waals surface area contributed by atoms with Crippen molar-refractivity contribution in [2.24, 2.45) is 0 Å². The van der Waals surface area contributed by atoms with Crippen molar-refractivity contribution in [3.05, 3.63) is 72.6 Å². The number of amides is 1. The molecular weight excluding hydrogens is 400 g/mol. The van der Waals surface area contributed by atoms with E-state index in [1.54, 1.807) is 11.3 Å². The van der Waals surface area contributed by atoms with E-state index in [0.717, 1.165) is 38.9 Å². The summed E-state index contributed by atoms with van der Waals surface area (Å²) in [6.07, 6.45) is 1.46. The molecule has 0 aliphatic carbocycles. The Hall–Kier alpha value is -2.84. The normalized spacial score (nSPS) is 10.9. The van der Waals surface area contributed by atoms with Crippen LogP contribution in [0, 0.1) is 11.6 Å². The summed E-state index contributed by atoms with van der Waals surface area (Å²) < 4.78 is 26.9. The molecule has 28 heavy (non-hydrogen) atoms. The Balaban J connectivity index is 1.51. The number of nitrogens with one attached hydrogen (secondary N) is 1. The van der Waals surface area contributed by atoms with Crippen LogP contribution in [-0.2, 0) is 4.79 Å². The van der Waals surface area contributed by atoms with Crippen LogP contribution in [0.15, 0.2) is 66.0 Å². The van der Waals surface area contributed by atoms with Crippen LogP contribution in [0.2, 0.25) is 0 Å². The van der Waals surface area contributed by atoms with Crippen molar-refractivity contribution in [2.75, 3.05) is 11.1 Å². The van der Waals surface area contributed by atoms with Gasteiger partial charge in [-0.3, -0.25) is 4.79 Å². The van der Waals surface area contributed by atoms with Gasteiger partial charge in [0, 0.05) is 16.3 Å². The smallest absolute Gasteiger partial charge is 0.234 e. The van der Waals surface area contributed by atoms with Gasteiger partial charge in [0.15, 0.2) is 0 Å². The predicted octanol–water partition coefficient (Wildman–Crippen LogP) is 5.37. The largest absolute Gasteiger partial charge is 0.323 e. The zero-order valence-electron chi connectivity index (χ0n) is 14.4. The topological polar surface area (TPSA) is 54.9 Å². The van der Waals surface area contributed by atoms with E-state index in [4.69, 9.17) is 0 Å². The number of carbonyl (C=O) groups is 1. The van der Waals surface area contributed by atoms with Crippen molar-refractivity contribution >= 4 is 44.9 Å². The SMILES string of the molecule is O=C(CSc1ncnc2sc(-c3ccccc3)cc12)Nc1cc(F)ccc1F. The molecule has 0 radical (unpaired) electrons. The maximum atomic E-state index is 13.7. The first-order valence-electron chi connectivity index (χ1n) is 8.28. The molecule has 0 aliphatic heterocycles. The highest BCUT2D eigenvalue weighted by Gasteiger charge is 2.13. The molecule has 0 fully saturated rings. The van der Waals surface area contributed by atoms with Crippen LogP contribution in [0.4, 0.5) is 14.5 Å².